The van der Waals surface area contributed by atoms with Crippen molar-refractivity contribution >= 4 is 15.9 Å². The molecule has 1 aromatic carbocycles. The lowest BCUT2D eigenvalue weighted by atomic mass is 10.0. The van der Waals surface area contributed by atoms with Crippen molar-refractivity contribution < 1.29 is 0 Å². The maximum atomic E-state index is 3.73. The highest BCUT2D eigenvalue weighted by molar-refractivity contribution is 9.10. The first kappa shape index (κ1) is 17.7. The lowest BCUT2D eigenvalue weighted by molar-refractivity contribution is 0.216. The van der Waals surface area contributed by atoms with Crippen LogP contribution in [-0.4, -0.2) is 41.6 Å². The Balaban J connectivity index is 1.88. The first-order valence-electron chi connectivity index (χ1n) is 8.85. The third-order valence-electron chi connectivity index (χ3n) is 5.10. The Kier molecular flexibility index (Phi) is 5.80. The topological polar surface area (TPSA) is 11.4 Å². The summed E-state index contributed by atoms with van der Waals surface area (Å²) in [4.78, 5) is 4.88. The summed E-state index contributed by atoms with van der Waals surface area (Å²) in [5.41, 5.74) is 4.07. The van der Waals surface area contributed by atoms with Crippen LogP contribution in [0.4, 0.5) is 0 Å². The normalized spacial score (nSPS) is 17.4. The molecule has 0 aliphatic carbocycles. The van der Waals surface area contributed by atoms with E-state index in [9.17, 15) is 0 Å². The first-order chi connectivity index (χ1) is 11.6. The van der Waals surface area contributed by atoms with Crippen LogP contribution < -0.4 is 0 Å². The van der Waals surface area contributed by atoms with E-state index in [1.807, 2.05) is 0 Å². The van der Waals surface area contributed by atoms with Crippen molar-refractivity contribution in [2.45, 2.75) is 31.8 Å². The van der Waals surface area contributed by atoms with Crippen LogP contribution in [0, 0.1) is 0 Å². The third kappa shape index (κ3) is 3.76. The van der Waals surface area contributed by atoms with Gasteiger partial charge in [-0.1, -0.05) is 40.5 Å². The highest BCUT2D eigenvalue weighted by Gasteiger charge is 2.23. The second kappa shape index (κ2) is 7.85. The van der Waals surface area contributed by atoms with E-state index in [2.05, 4.69) is 87.8 Å². The van der Waals surface area contributed by atoms with Gasteiger partial charge in [-0.2, -0.15) is 0 Å². The van der Waals surface area contributed by atoms with Crippen molar-refractivity contribution in [3.05, 3.63) is 57.8 Å². The van der Waals surface area contributed by atoms with E-state index in [0.29, 0.717) is 0 Å². The Bertz CT molecular complexity index is 671. The molecular formula is C20H28BrN3. The molecule has 130 valence electrons. The molecule has 0 saturated carbocycles. The van der Waals surface area contributed by atoms with Crippen LogP contribution in [0.15, 0.2) is 40.9 Å². The van der Waals surface area contributed by atoms with Crippen LogP contribution in [0.5, 0.6) is 0 Å². The Hall–Kier alpha value is -1.10. The van der Waals surface area contributed by atoms with Crippen LogP contribution >= 0.6 is 15.9 Å². The van der Waals surface area contributed by atoms with Gasteiger partial charge in [0.1, 0.15) is 0 Å². The average molecular weight is 390 g/mol. The van der Waals surface area contributed by atoms with Crippen molar-refractivity contribution in [2.75, 3.05) is 27.2 Å². The van der Waals surface area contributed by atoms with Crippen molar-refractivity contribution in [3.63, 3.8) is 0 Å². The average Bonchev–Trinajstić information content (AvgIpc) is 2.91. The molecule has 2 heterocycles. The summed E-state index contributed by atoms with van der Waals surface area (Å²) in [7, 11) is 6.52. The van der Waals surface area contributed by atoms with Crippen LogP contribution in [0.2, 0.25) is 0 Å². The van der Waals surface area contributed by atoms with Crippen LogP contribution in [0.1, 0.15) is 42.3 Å². The third-order valence-corrected chi connectivity index (χ3v) is 5.82. The quantitative estimate of drug-likeness (QED) is 0.749. The van der Waals surface area contributed by atoms with E-state index in [4.69, 9.17) is 0 Å². The predicted molar refractivity (Wildman–Crippen MR) is 104 cm³/mol. The van der Waals surface area contributed by atoms with Crippen molar-refractivity contribution in [1.82, 2.24) is 14.4 Å². The van der Waals surface area contributed by atoms with Crippen molar-refractivity contribution in [3.8, 4) is 0 Å². The lowest BCUT2D eigenvalue weighted by Crippen LogP contribution is -2.30. The maximum Gasteiger partial charge on any atom is 0.0762 e. The highest BCUT2D eigenvalue weighted by atomic mass is 79.9. The van der Waals surface area contributed by atoms with E-state index in [0.717, 1.165) is 6.54 Å². The Morgan fingerprint density at radius 1 is 1.04 bits per heavy atom. The fourth-order valence-electron chi connectivity index (χ4n) is 3.75. The van der Waals surface area contributed by atoms with Gasteiger partial charge in [0.2, 0.25) is 0 Å². The number of rotatable bonds is 5. The molecule has 1 unspecified atom stereocenters. The molecule has 1 fully saturated rings. The summed E-state index contributed by atoms with van der Waals surface area (Å²) in [5, 5.41) is 0. The number of halogens is 1. The standard InChI is InChI=1S/C20H28BrN3/c1-22(2)20(17-9-5-6-10-18(17)21)19-12-11-16(23(19)3)15-24-13-7-4-8-14-24/h5-6,9-12,20H,4,7-8,13-15H2,1-3H3. The first-order valence-corrected chi connectivity index (χ1v) is 9.65. The van der Waals surface area contributed by atoms with E-state index < -0.39 is 0 Å². The summed E-state index contributed by atoms with van der Waals surface area (Å²) in [5.74, 6) is 0. The Morgan fingerprint density at radius 3 is 2.42 bits per heavy atom. The molecule has 2 aromatic rings. The summed E-state index contributed by atoms with van der Waals surface area (Å²) < 4.78 is 3.56. The van der Waals surface area contributed by atoms with Crippen molar-refractivity contribution in [1.29, 1.82) is 0 Å². The van der Waals surface area contributed by atoms with E-state index >= 15 is 0 Å². The zero-order valence-electron chi connectivity index (χ0n) is 15.0. The van der Waals surface area contributed by atoms with E-state index in [1.165, 1.54) is 53.8 Å². The zero-order chi connectivity index (χ0) is 17.1. The molecule has 1 atom stereocenters. The Morgan fingerprint density at radius 2 is 1.75 bits per heavy atom. The number of aromatic nitrogens is 1. The number of likely N-dealkylation sites (tertiary alicyclic amines) is 1. The zero-order valence-corrected chi connectivity index (χ0v) is 16.6. The van der Waals surface area contributed by atoms with Gasteiger partial charge in [-0.3, -0.25) is 9.80 Å². The molecule has 3 nitrogen and oxygen atoms in total. The largest absolute Gasteiger partial charge is 0.349 e. The minimum atomic E-state index is 0.251. The van der Waals surface area contributed by atoms with Crippen LogP contribution in [0.3, 0.4) is 0 Å². The molecule has 0 N–H and O–H groups in total. The van der Waals surface area contributed by atoms with Gasteiger partial charge in [0, 0.05) is 29.5 Å². The number of piperidine rings is 1. The minimum absolute atomic E-state index is 0.251. The maximum absolute atomic E-state index is 3.73. The monoisotopic (exact) mass is 389 g/mol. The smallest absolute Gasteiger partial charge is 0.0762 e. The van der Waals surface area contributed by atoms with Gasteiger partial charge in [0.25, 0.3) is 0 Å². The van der Waals surface area contributed by atoms with Crippen LogP contribution in [0.25, 0.3) is 0 Å². The summed E-state index contributed by atoms with van der Waals surface area (Å²) in [6.07, 6.45) is 4.07. The van der Waals surface area contributed by atoms with Crippen molar-refractivity contribution in [2.24, 2.45) is 7.05 Å². The number of hydrogen-bond donors (Lipinski definition) is 0. The second-order valence-corrected chi connectivity index (χ2v) is 7.89. The fourth-order valence-corrected chi connectivity index (χ4v) is 4.25. The van der Waals surface area contributed by atoms with E-state index in [-0.39, 0.29) is 6.04 Å². The predicted octanol–water partition coefficient (Wildman–Crippen LogP) is 4.42. The highest BCUT2D eigenvalue weighted by Crippen LogP contribution is 2.33. The Labute approximate surface area is 154 Å². The van der Waals surface area contributed by atoms with Gasteiger partial charge in [-0.25, -0.2) is 0 Å². The number of nitrogens with zero attached hydrogens (tertiary/aromatic N) is 3. The summed E-state index contributed by atoms with van der Waals surface area (Å²) in [6.45, 7) is 3.54. The molecule has 0 bridgehead atoms. The second-order valence-electron chi connectivity index (χ2n) is 7.03. The molecule has 4 heteroatoms. The molecular weight excluding hydrogens is 362 g/mol. The van der Waals surface area contributed by atoms with Gasteiger partial charge >= 0.3 is 0 Å². The summed E-state index contributed by atoms with van der Waals surface area (Å²) in [6, 6.07) is 13.4. The molecule has 0 radical (unpaired) electrons. The van der Waals surface area contributed by atoms with E-state index in [1.54, 1.807) is 0 Å². The number of benzene rings is 1. The van der Waals surface area contributed by atoms with Gasteiger partial charge in [0.05, 0.1) is 6.04 Å². The van der Waals surface area contributed by atoms with Gasteiger partial charge in [-0.15, -0.1) is 0 Å². The molecule has 1 aliphatic rings. The molecule has 3 rings (SSSR count). The lowest BCUT2D eigenvalue weighted by Gasteiger charge is -2.29. The van der Waals surface area contributed by atoms with Gasteiger partial charge in [0.15, 0.2) is 0 Å². The SMILES string of the molecule is CN(C)C(c1ccccc1Br)c1ccc(CN2CCCCC2)n1C. The fraction of sp³-hybridized carbons (Fsp3) is 0.500. The molecule has 0 spiro atoms. The molecule has 1 aliphatic heterocycles. The summed E-state index contributed by atoms with van der Waals surface area (Å²) >= 11 is 3.73. The van der Waals surface area contributed by atoms with Gasteiger partial charge < -0.3 is 4.57 Å². The number of hydrogen-bond acceptors (Lipinski definition) is 2. The minimum Gasteiger partial charge on any atom is -0.349 e. The van der Waals surface area contributed by atoms with Gasteiger partial charge in [-0.05, 0) is 63.8 Å². The molecule has 0 amide bonds. The molecule has 24 heavy (non-hydrogen) atoms. The molecule has 1 aromatic heterocycles. The van der Waals surface area contributed by atoms with Crippen LogP contribution in [-0.2, 0) is 13.6 Å². The molecule has 1 saturated heterocycles.